The van der Waals surface area contributed by atoms with Crippen molar-refractivity contribution in [1.29, 1.82) is 0 Å². The van der Waals surface area contributed by atoms with Crippen LogP contribution >= 0.6 is 0 Å². The Bertz CT molecular complexity index is 838. The molecule has 2 aromatic rings. The minimum Gasteiger partial charge on any atom is -0.508 e. The Morgan fingerprint density at radius 2 is 1.71 bits per heavy atom. The van der Waals surface area contributed by atoms with Crippen LogP contribution in [-0.4, -0.2) is 10.2 Å². The average Bonchev–Trinajstić information content (AvgIpc) is 2.62. The van der Waals surface area contributed by atoms with E-state index in [0.29, 0.717) is 11.5 Å². The van der Waals surface area contributed by atoms with Gasteiger partial charge >= 0.3 is 0 Å². The number of hydrogen-bond acceptors (Lipinski definition) is 2. The van der Waals surface area contributed by atoms with Gasteiger partial charge in [0.2, 0.25) is 0 Å². The molecular formula is C26H36O2. The molecule has 2 heteroatoms. The first-order valence-electron chi connectivity index (χ1n) is 10.5. The van der Waals surface area contributed by atoms with Gasteiger partial charge in [0.15, 0.2) is 0 Å². The van der Waals surface area contributed by atoms with Gasteiger partial charge in [-0.25, -0.2) is 0 Å². The highest BCUT2D eigenvalue weighted by Crippen LogP contribution is 2.37. The Labute approximate surface area is 170 Å². The first-order valence-corrected chi connectivity index (χ1v) is 10.5. The van der Waals surface area contributed by atoms with Crippen molar-refractivity contribution in [2.24, 2.45) is 0 Å². The van der Waals surface area contributed by atoms with Crippen molar-refractivity contribution in [1.82, 2.24) is 0 Å². The first-order chi connectivity index (χ1) is 13.1. The molecule has 0 radical (unpaired) electrons. The first kappa shape index (κ1) is 22.1. The van der Waals surface area contributed by atoms with Gasteiger partial charge in [-0.15, -0.1) is 0 Å². The molecule has 0 atom stereocenters. The van der Waals surface area contributed by atoms with Crippen molar-refractivity contribution in [2.45, 2.75) is 79.1 Å². The lowest BCUT2D eigenvalue weighted by atomic mass is 9.82. The molecule has 0 aliphatic carbocycles. The number of aromatic hydroxyl groups is 2. The molecule has 0 spiro atoms. The molecule has 0 saturated heterocycles. The summed E-state index contributed by atoms with van der Waals surface area (Å²) in [6, 6.07) is 9.95. The van der Waals surface area contributed by atoms with Crippen LogP contribution in [0.2, 0.25) is 0 Å². The predicted octanol–water partition coefficient (Wildman–Crippen LogP) is 7.39. The zero-order valence-electron chi connectivity index (χ0n) is 18.4. The van der Waals surface area contributed by atoms with Crippen molar-refractivity contribution in [3.05, 3.63) is 58.1 Å². The van der Waals surface area contributed by atoms with Crippen LogP contribution in [-0.2, 0) is 11.8 Å². The van der Waals surface area contributed by atoms with E-state index in [4.69, 9.17) is 0 Å². The number of allylic oxidation sites excluding steroid dienone is 1. The van der Waals surface area contributed by atoms with Crippen molar-refractivity contribution in [3.63, 3.8) is 0 Å². The van der Waals surface area contributed by atoms with E-state index in [1.165, 1.54) is 19.3 Å². The summed E-state index contributed by atoms with van der Waals surface area (Å²) in [7, 11) is 0. The largest absolute Gasteiger partial charge is 0.508 e. The molecule has 0 aliphatic heterocycles. The average molecular weight is 381 g/mol. The summed E-state index contributed by atoms with van der Waals surface area (Å²) in [6.45, 7) is 12.7. The maximum atomic E-state index is 10.9. The van der Waals surface area contributed by atoms with Crippen molar-refractivity contribution < 1.29 is 10.2 Å². The molecule has 0 unspecified atom stereocenters. The topological polar surface area (TPSA) is 40.5 Å². The third kappa shape index (κ3) is 5.64. The maximum absolute atomic E-state index is 10.9. The smallest absolute Gasteiger partial charge is 0.122 e. The second-order valence-electron chi connectivity index (χ2n) is 8.97. The Morgan fingerprint density at radius 1 is 1.00 bits per heavy atom. The minimum absolute atomic E-state index is 0.117. The summed E-state index contributed by atoms with van der Waals surface area (Å²) in [5.74, 6) is 0.782. The molecule has 2 N–H and O–H groups in total. The zero-order valence-corrected chi connectivity index (χ0v) is 18.4. The van der Waals surface area contributed by atoms with E-state index in [9.17, 15) is 10.2 Å². The van der Waals surface area contributed by atoms with Gasteiger partial charge in [0.1, 0.15) is 11.5 Å². The number of aryl methyl sites for hydroxylation is 2. The van der Waals surface area contributed by atoms with Gasteiger partial charge in [0.25, 0.3) is 0 Å². The molecule has 2 aromatic carbocycles. The number of benzene rings is 2. The maximum Gasteiger partial charge on any atom is 0.122 e. The minimum atomic E-state index is -0.117. The van der Waals surface area contributed by atoms with Gasteiger partial charge < -0.3 is 10.2 Å². The molecule has 0 aliphatic rings. The molecule has 0 amide bonds. The third-order valence-electron chi connectivity index (χ3n) is 5.36. The lowest BCUT2D eigenvalue weighted by molar-refractivity contribution is 0.438. The van der Waals surface area contributed by atoms with E-state index in [-0.39, 0.29) is 5.41 Å². The van der Waals surface area contributed by atoms with E-state index >= 15 is 0 Å². The van der Waals surface area contributed by atoms with Crippen LogP contribution in [0.25, 0.3) is 11.6 Å². The van der Waals surface area contributed by atoms with Crippen molar-refractivity contribution in [3.8, 4) is 11.5 Å². The normalized spacial score (nSPS) is 12.4. The SMILES string of the molecule is CCCCCCc1cc(C(C)=Cc2ccc(O)c(C)c2)cc(C(C)(C)C)c1O. The predicted molar refractivity (Wildman–Crippen MR) is 121 cm³/mol. The monoisotopic (exact) mass is 380 g/mol. The molecule has 0 heterocycles. The van der Waals surface area contributed by atoms with Gasteiger partial charge in [-0.05, 0) is 84.2 Å². The standard InChI is InChI=1S/C26H36O2/c1-7-8-9-10-11-21-16-22(17-23(25(21)28)26(4,5)6)18(2)14-20-12-13-24(27)19(3)15-20/h12-17,27-28H,7-11H2,1-6H3. The second-order valence-corrected chi connectivity index (χ2v) is 8.97. The molecule has 0 saturated carbocycles. The molecule has 28 heavy (non-hydrogen) atoms. The second kappa shape index (κ2) is 9.32. The number of rotatable bonds is 7. The Morgan fingerprint density at radius 3 is 2.32 bits per heavy atom. The van der Waals surface area contributed by atoms with E-state index in [0.717, 1.165) is 46.2 Å². The highest BCUT2D eigenvalue weighted by molar-refractivity contribution is 5.81. The summed E-state index contributed by atoms with van der Waals surface area (Å²) in [6.07, 6.45) is 7.82. The lowest BCUT2D eigenvalue weighted by Gasteiger charge is -2.24. The van der Waals surface area contributed by atoms with Crippen LogP contribution in [0.15, 0.2) is 30.3 Å². The summed E-state index contributed by atoms with van der Waals surface area (Å²) in [4.78, 5) is 0. The summed E-state index contributed by atoms with van der Waals surface area (Å²) in [5.41, 5.74) is 6.19. The van der Waals surface area contributed by atoms with Crippen molar-refractivity contribution >= 4 is 11.6 Å². The molecule has 0 aromatic heterocycles. The molecule has 0 fully saturated rings. The van der Waals surface area contributed by atoms with Crippen LogP contribution in [0.4, 0.5) is 0 Å². The lowest BCUT2D eigenvalue weighted by Crippen LogP contribution is -2.13. The third-order valence-corrected chi connectivity index (χ3v) is 5.36. The quantitative estimate of drug-likeness (QED) is 0.388. The summed E-state index contributed by atoms with van der Waals surface area (Å²) >= 11 is 0. The van der Waals surface area contributed by atoms with Gasteiger partial charge in [0, 0.05) is 5.56 Å². The van der Waals surface area contributed by atoms with Gasteiger partial charge in [0.05, 0.1) is 0 Å². The van der Waals surface area contributed by atoms with E-state index in [1.807, 2.05) is 19.1 Å². The van der Waals surface area contributed by atoms with Crippen LogP contribution in [0.1, 0.15) is 88.1 Å². The fraction of sp³-hybridized carbons (Fsp3) is 0.462. The summed E-state index contributed by atoms with van der Waals surface area (Å²) < 4.78 is 0. The Balaban J connectivity index is 2.43. The molecule has 0 bridgehead atoms. The highest BCUT2D eigenvalue weighted by Gasteiger charge is 2.21. The Hall–Kier alpha value is -2.22. The highest BCUT2D eigenvalue weighted by atomic mass is 16.3. The van der Waals surface area contributed by atoms with E-state index in [2.05, 4.69) is 52.8 Å². The van der Waals surface area contributed by atoms with Gasteiger partial charge in [-0.2, -0.15) is 0 Å². The fourth-order valence-electron chi connectivity index (χ4n) is 3.53. The molecular weight excluding hydrogens is 344 g/mol. The Kier molecular flexibility index (Phi) is 7.35. The van der Waals surface area contributed by atoms with E-state index < -0.39 is 0 Å². The number of unbranched alkanes of at least 4 members (excludes halogenated alkanes) is 3. The molecule has 152 valence electrons. The summed E-state index contributed by atoms with van der Waals surface area (Å²) in [5, 5.41) is 20.7. The van der Waals surface area contributed by atoms with Crippen molar-refractivity contribution in [2.75, 3.05) is 0 Å². The van der Waals surface area contributed by atoms with Crippen LogP contribution in [0.3, 0.4) is 0 Å². The number of hydrogen-bond donors (Lipinski definition) is 2. The van der Waals surface area contributed by atoms with Crippen LogP contribution in [0, 0.1) is 6.92 Å². The van der Waals surface area contributed by atoms with E-state index in [1.54, 1.807) is 6.07 Å². The van der Waals surface area contributed by atoms with Gasteiger partial charge in [-0.3, -0.25) is 0 Å². The fourth-order valence-corrected chi connectivity index (χ4v) is 3.53. The van der Waals surface area contributed by atoms with Gasteiger partial charge in [-0.1, -0.05) is 59.1 Å². The number of phenols is 2. The number of phenolic OH excluding ortho intramolecular Hbond substituents is 2. The van der Waals surface area contributed by atoms with Crippen LogP contribution < -0.4 is 0 Å². The van der Waals surface area contributed by atoms with Crippen LogP contribution in [0.5, 0.6) is 11.5 Å². The molecule has 2 rings (SSSR count). The zero-order chi connectivity index (χ0) is 20.9. The molecule has 2 nitrogen and oxygen atoms in total.